The van der Waals surface area contributed by atoms with Crippen molar-refractivity contribution in [3.8, 4) is 0 Å². The van der Waals surface area contributed by atoms with Crippen LogP contribution in [0, 0.1) is 0 Å². The fourth-order valence-electron chi connectivity index (χ4n) is 8.65. The minimum absolute atomic E-state index is 0.0520. The van der Waals surface area contributed by atoms with Crippen molar-refractivity contribution < 1.29 is 23.8 Å². The minimum atomic E-state index is -0.579. The first-order valence-electron chi connectivity index (χ1n) is 31.4. The quantitative estimate of drug-likeness (QED) is 0.0345. The van der Waals surface area contributed by atoms with Crippen molar-refractivity contribution in [1.29, 1.82) is 0 Å². The highest BCUT2D eigenvalue weighted by Gasteiger charge is 2.17. The van der Waals surface area contributed by atoms with E-state index in [9.17, 15) is 9.59 Å². The molecule has 1 atom stereocenters. The van der Waals surface area contributed by atoms with Crippen molar-refractivity contribution in [2.24, 2.45) is 0 Å². The number of hydrogen-bond donors (Lipinski definition) is 0. The molecule has 0 bridgehead atoms. The third kappa shape index (κ3) is 61.1. The molecule has 74 heavy (non-hydrogen) atoms. The van der Waals surface area contributed by atoms with E-state index >= 15 is 0 Å². The van der Waals surface area contributed by atoms with Crippen molar-refractivity contribution in [3.63, 3.8) is 0 Å². The molecule has 0 aromatic carbocycles. The molecule has 0 saturated carbocycles. The first kappa shape index (κ1) is 70.6. The smallest absolute Gasteiger partial charge is 0.306 e. The molecule has 0 rings (SSSR count). The summed E-state index contributed by atoms with van der Waals surface area (Å²) in [5.41, 5.74) is 0. The van der Waals surface area contributed by atoms with E-state index in [-0.39, 0.29) is 25.2 Å². The van der Waals surface area contributed by atoms with Crippen LogP contribution in [0.15, 0.2) is 109 Å². The highest BCUT2D eigenvalue weighted by Crippen LogP contribution is 2.16. The summed E-state index contributed by atoms with van der Waals surface area (Å²) in [5.74, 6) is -0.437. The van der Waals surface area contributed by atoms with Gasteiger partial charge in [-0.3, -0.25) is 9.59 Å². The van der Waals surface area contributed by atoms with E-state index in [1.54, 1.807) is 0 Å². The zero-order valence-electron chi connectivity index (χ0n) is 48.8. The lowest BCUT2D eigenvalue weighted by molar-refractivity contribution is -0.163. The molecule has 0 amide bonds. The molecule has 0 N–H and O–H groups in total. The van der Waals surface area contributed by atoms with Gasteiger partial charge in [0.25, 0.3) is 0 Å². The van der Waals surface area contributed by atoms with E-state index in [1.165, 1.54) is 154 Å². The molecule has 0 spiro atoms. The summed E-state index contributed by atoms with van der Waals surface area (Å²) >= 11 is 0. The Kier molecular flexibility index (Phi) is 60.9. The second-order valence-electron chi connectivity index (χ2n) is 20.6. The van der Waals surface area contributed by atoms with Gasteiger partial charge in [0.2, 0.25) is 0 Å². The molecule has 0 radical (unpaired) electrons. The van der Waals surface area contributed by atoms with Crippen LogP contribution in [0.2, 0.25) is 0 Å². The van der Waals surface area contributed by atoms with Crippen LogP contribution in [0.25, 0.3) is 0 Å². The minimum Gasteiger partial charge on any atom is -0.462 e. The van der Waals surface area contributed by atoms with Crippen LogP contribution in [-0.2, 0) is 23.8 Å². The van der Waals surface area contributed by atoms with Crippen molar-refractivity contribution in [3.05, 3.63) is 109 Å². The van der Waals surface area contributed by atoms with Gasteiger partial charge >= 0.3 is 11.9 Å². The van der Waals surface area contributed by atoms with E-state index in [0.717, 1.165) is 103 Å². The molecular formula is C69H118O5. The van der Waals surface area contributed by atoms with E-state index in [0.29, 0.717) is 19.4 Å². The zero-order valence-corrected chi connectivity index (χ0v) is 48.8. The summed E-state index contributed by atoms with van der Waals surface area (Å²) in [6.07, 6.45) is 88.5. The van der Waals surface area contributed by atoms with E-state index < -0.39 is 6.10 Å². The normalized spacial score (nSPS) is 13.0. The predicted octanol–water partition coefficient (Wildman–Crippen LogP) is 21.9. The van der Waals surface area contributed by atoms with Crippen LogP contribution in [0.3, 0.4) is 0 Å². The van der Waals surface area contributed by atoms with Crippen molar-refractivity contribution in [2.45, 2.75) is 297 Å². The third-order valence-electron chi connectivity index (χ3n) is 13.3. The first-order valence-corrected chi connectivity index (χ1v) is 31.4. The standard InChI is InChI=1S/C69H118O5/c1-4-7-10-13-16-19-22-25-28-31-34-37-40-43-46-49-52-55-58-61-64-72-65-67(74-69(71)63-60-57-54-51-48-45-42-39-36-33-30-27-24-21-18-15-12-9-6-3)66-73-68(70)62-59-56-53-50-47-44-41-38-35-32-29-26-23-20-17-14-11-8-5-2/h7,10,16-17,19-20,25-26,28-29,34-35,37-38,43,46,52,55,67H,4-6,8-9,11-15,18,21-24,27,30-33,36,39-42,44-45,47-51,53-54,56-66H2,1-3H3/b10-7-,19-16-,20-17-,28-25-,29-26-,37-34-,38-35-,46-43-,55-52-. The Morgan fingerprint density at radius 1 is 0.311 bits per heavy atom. The number of ether oxygens (including phenoxy) is 3. The monoisotopic (exact) mass is 1030 g/mol. The molecule has 0 aliphatic heterocycles. The van der Waals surface area contributed by atoms with Gasteiger partial charge in [0.05, 0.1) is 6.61 Å². The number of rotatable bonds is 57. The van der Waals surface area contributed by atoms with Crippen LogP contribution >= 0.6 is 0 Å². The number of unbranched alkanes of at least 4 members (excludes halogenated alkanes) is 28. The average molecular weight is 1030 g/mol. The third-order valence-corrected chi connectivity index (χ3v) is 13.3. The van der Waals surface area contributed by atoms with E-state index in [4.69, 9.17) is 14.2 Å². The number of allylic oxidation sites excluding steroid dienone is 18. The summed E-state index contributed by atoms with van der Waals surface area (Å²) < 4.78 is 17.5. The van der Waals surface area contributed by atoms with Gasteiger partial charge in [-0.25, -0.2) is 0 Å². The average Bonchev–Trinajstić information content (AvgIpc) is 3.40. The molecule has 424 valence electrons. The summed E-state index contributed by atoms with van der Waals surface area (Å²) in [7, 11) is 0. The second kappa shape index (κ2) is 63.8. The van der Waals surface area contributed by atoms with Gasteiger partial charge < -0.3 is 14.2 Å². The highest BCUT2D eigenvalue weighted by atomic mass is 16.6. The van der Waals surface area contributed by atoms with Crippen LogP contribution in [0.4, 0.5) is 0 Å². The molecule has 5 nitrogen and oxygen atoms in total. The van der Waals surface area contributed by atoms with Crippen LogP contribution in [-0.4, -0.2) is 37.9 Å². The van der Waals surface area contributed by atoms with Crippen molar-refractivity contribution in [1.82, 2.24) is 0 Å². The molecule has 0 aliphatic rings. The lowest BCUT2D eigenvalue weighted by atomic mass is 10.0. The molecule has 0 aliphatic carbocycles. The maximum absolute atomic E-state index is 12.9. The fourth-order valence-corrected chi connectivity index (χ4v) is 8.65. The van der Waals surface area contributed by atoms with Crippen LogP contribution in [0.5, 0.6) is 0 Å². The largest absolute Gasteiger partial charge is 0.462 e. The van der Waals surface area contributed by atoms with Crippen LogP contribution < -0.4 is 0 Å². The lowest BCUT2D eigenvalue weighted by Crippen LogP contribution is -2.30. The molecular weight excluding hydrogens is 909 g/mol. The summed E-state index contributed by atoms with van der Waals surface area (Å²) in [4.78, 5) is 25.6. The van der Waals surface area contributed by atoms with E-state index in [1.807, 2.05) is 0 Å². The molecule has 0 aromatic rings. The molecule has 0 saturated heterocycles. The van der Waals surface area contributed by atoms with E-state index in [2.05, 4.69) is 130 Å². The molecule has 0 fully saturated rings. The summed E-state index contributed by atoms with van der Waals surface area (Å²) in [5, 5.41) is 0. The van der Waals surface area contributed by atoms with Crippen molar-refractivity contribution in [2.75, 3.05) is 19.8 Å². The first-order chi connectivity index (χ1) is 36.6. The SMILES string of the molecule is CC/C=C\C/C=C\C/C=C\C/C=C\C/C=C\C/C=C\CCCOCC(COC(=O)CCCCCCCC/C=C\C/C=C\C/C=C\CCCCC)OC(=O)CCCCCCCCCCCCCCCCCCCCC. The van der Waals surface area contributed by atoms with Gasteiger partial charge in [-0.2, -0.15) is 0 Å². The Morgan fingerprint density at radius 3 is 1.00 bits per heavy atom. The molecule has 0 aromatic heterocycles. The second-order valence-corrected chi connectivity index (χ2v) is 20.6. The Labute approximate surface area is 459 Å². The Balaban J connectivity index is 4.40. The van der Waals surface area contributed by atoms with Crippen LogP contribution in [0.1, 0.15) is 290 Å². The summed E-state index contributed by atoms with van der Waals surface area (Å²) in [6, 6.07) is 0. The maximum atomic E-state index is 12.9. The fraction of sp³-hybridized carbons (Fsp3) is 0.710. The van der Waals surface area contributed by atoms with Crippen molar-refractivity contribution >= 4 is 11.9 Å². The van der Waals surface area contributed by atoms with Gasteiger partial charge in [-0.05, 0) is 103 Å². The highest BCUT2D eigenvalue weighted by molar-refractivity contribution is 5.70. The number of carbonyl (C=O) groups excluding carboxylic acids is 2. The number of carbonyl (C=O) groups is 2. The number of esters is 2. The Hall–Kier alpha value is -3.44. The lowest BCUT2D eigenvalue weighted by Gasteiger charge is -2.18. The molecule has 0 heterocycles. The maximum Gasteiger partial charge on any atom is 0.306 e. The Morgan fingerprint density at radius 2 is 0.608 bits per heavy atom. The molecule has 1 unspecified atom stereocenters. The number of hydrogen-bond acceptors (Lipinski definition) is 5. The van der Waals surface area contributed by atoms with Gasteiger partial charge in [-0.1, -0.05) is 284 Å². The predicted molar refractivity (Wildman–Crippen MR) is 325 cm³/mol. The Bertz CT molecular complexity index is 1440. The zero-order chi connectivity index (χ0) is 53.4. The topological polar surface area (TPSA) is 61.8 Å². The summed E-state index contributed by atoms with van der Waals surface area (Å²) in [6.45, 7) is 7.56. The van der Waals surface area contributed by atoms with Gasteiger partial charge in [-0.15, -0.1) is 0 Å². The van der Waals surface area contributed by atoms with Gasteiger partial charge in [0, 0.05) is 19.4 Å². The van der Waals surface area contributed by atoms with Gasteiger partial charge in [0.1, 0.15) is 6.61 Å². The van der Waals surface area contributed by atoms with Gasteiger partial charge in [0.15, 0.2) is 6.10 Å². The molecule has 5 heteroatoms.